The Morgan fingerprint density at radius 1 is 1.43 bits per heavy atom. The van der Waals surface area contributed by atoms with E-state index in [9.17, 15) is 24.3 Å². The van der Waals surface area contributed by atoms with E-state index in [0.717, 1.165) is 43.1 Å². The van der Waals surface area contributed by atoms with Gasteiger partial charge in [-0.05, 0) is 0 Å². The number of amides is 3. The number of aliphatic carboxylic acids is 1. The van der Waals surface area contributed by atoms with Gasteiger partial charge in [0.05, 0.1) is 20.1 Å². The van der Waals surface area contributed by atoms with Crippen molar-refractivity contribution >= 4 is 58.1 Å². The van der Waals surface area contributed by atoms with Gasteiger partial charge in [0.25, 0.3) is 11.8 Å². The van der Waals surface area contributed by atoms with Crippen molar-refractivity contribution in [1.29, 1.82) is 0 Å². The molecular weight excluding hydrogens is 498 g/mol. The van der Waals surface area contributed by atoms with Gasteiger partial charge < -0.3 is 30.4 Å². The maximum Gasteiger partial charge on any atom is 0.352 e. The Bertz CT molecular complexity index is 1100. The molecule has 0 radical (unpaired) electrons. The Labute approximate surface area is 209 Å². The van der Waals surface area contributed by atoms with Crippen LogP contribution in [0.5, 0.6) is 0 Å². The van der Waals surface area contributed by atoms with Gasteiger partial charge in [0.2, 0.25) is 6.41 Å². The Morgan fingerprint density at radius 2 is 2.17 bits per heavy atom. The molecule has 0 aromatic carbocycles. The highest BCUT2D eigenvalue weighted by molar-refractivity contribution is 8.00. The molecule has 0 bridgehead atoms. The molecule has 188 valence electrons. The number of β-lactam (4-membered cyclic amide) rings is 1. The van der Waals surface area contributed by atoms with Crippen molar-refractivity contribution in [3.63, 3.8) is 0 Å². The number of nitrogens with zero attached hydrogens (tertiary/aromatic N) is 4. The summed E-state index contributed by atoms with van der Waals surface area (Å²) in [6.45, 7) is 4.01. The summed E-state index contributed by atoms with van der Waals surface area (Å²) in [6.07, 6.45) is 0.462. The van der Waals surface area contributed by atoms with Crippen LogP contribution in [0.2, 0.25) is 0 Å². The van der Waals surface area contributed by atoms with Crippen LogP contribution in [0.25, 0.3) is 0 Å². The molecule has 2 fully saturated rings. The van der Waals surface area contributed by atoms with E-state index in [0.29, 0.717) is 23.2 Å². The molecule has 3 aliphatic heterocycles. The molecule has 15 heteroatoms. The number of thioether (sulfide) groups is 1. The first-order valence-corrected chi connectivity index (χ1v) is 12.7. The molecule has 2 saturated heterocycles. The van der Waals surface area contributed by atoms with Crippen LogP contribution in [0.1, 0.15) is 5.69 Å². The van der Waals surface area contributed by atoms with Crippen LogP contribution >= 0.6 is 23.1 Å². The minimum absolute atomic E-state index is 0.0111. The zero-order chi connectivity index (χ0) is 25.2. The number of thiazole rings is 1. The number of quaternary nitrogens is 1. The topological polar surface area (TPSA) is 162 Å². The van der Waals surface area contributed by atoms with E-state index in [2.05, 4.69) is 33.1 Å². The van der Waals surface area contributed by atoms with Gasteiger partial charge in [-0.25, -0.2) is 9.78 Å². The fourth-order valence-corrected chi connectivity index (χ4v) is 6.35. The summed E-state index contributed by atoms with van der Waals surface area (Å²) < 4.78 is 0.706. The maximum absolute atomic E-state index is 13.0. The van der Waals surface area contributed by atoms with Crippen LogP contribution in [-0.2, 0) is 24.0 Å². The maximum atomic E-state index is 13.0. The fraction of sp³-hybridized carbons (Fsp3) is 0.500. The lowest BCUT2D eigenvalue weighted by atomic mass is 10.0. The summed E-state index contributed by atoms with van der Waals surface area (Å²) >= 11 is 2.52. The fourth-order valence-electron chi connectivity index (χ4n) is 4.36. The summed E-state index contributed by atoms with van der Waals surface area (Å²) in [5, 5.41) is 23.3. The third-order valence-electron chi connectivity index (χ3n) is 6.09. The largest absolute Gasteiger partial charge is 0.477 e. The van der Waals surface area contributed by atoms with Crippen LogP contribution in [0.15, 0.2) is 21.8 Å². The molecule has 4 N–H and O–H groups in total. The Hall–Kier alpha value is -3.01. The van der Waals surface area contributed by atoms with E-state index in [4.69, 9.17) is 4.84 Å². The molecule has 3 amide bonds. The number of rotatable bonds is 9. The average Bonchev–Trinajstić information content (AvgIpc) is 3.29. The standard InChI is InChI=1S/C20H25N7O6S2/c1-27(5-3-21-4-6-27)7-11-8-34-18-14(17(30)26(18)15(11)19(31)32)24-16(29)13(25-33-2)12-9-35-20(23-12)22-10-28/h9-10,14,18,21H,3-8H2,1-2H3,(H2-,22,23,24,28,29,31,32)/p+1/t14-,18+/m1/s1. The third kappa shape index (κ3) is 5.03. The lowest BCUT2D eigenvalue weighted by Crippen LogP contribution is -2.71. The second-order valence-electron chi connectivity index (χ2n) is 8.52. The van der Waals surface area contributed by atoms with E-state index >= 15 is 0 Å². The lowest BCUT2D eigenvalue weighted by Gasteiger charge is -2.50. The summed E-state index contributed by atoms with van der Waals surface area (Å²) in [4.78, 5) is 58.9. The number of hydrogen-bond acceptors (Lipinski definition) is 10. The van der Waals surface area contributed by atoms with Crippen molar-refractivity contribution in [3.05, 3.63) is 22.3 Å². The van der Waals surface area contributed by atoms with Crippen LogP contribution in [-0.4, -0.2) is 113 Å². The molecule has 1 aromatic rings. The molecular formula is C20H26N7O6S2+. The number of carbonyl (C=O) groups is 4. The number of aromatic nitrogens is 1. The first-order chi connectivity index (χ1) is 16.8. The average molecular weight is 525 g/mol. The van der Waals surface area contributed by atoms with Gasteiger partial charge in [-0.1, -0.05) is 5.16 Å². The number of piperazine rings is 1. The van der Waals surface area contributed by atoms with E-state index in [1.807, 2.05) is 0 Å². The zero-order valence-electron chi connectivity index (χ0n) is 19.1. The number of carboxylic acid groups (broad SMARTS) is 1. The van der Waals surface area contributed by atoms with Gasteiger partial charge in [-0.3, -0.25) is 19.3 Å². The second-order valence-corrected chi connectivity index (χ2v) is 10.5. The molecule has 4 rings (SSSR count). The van der Waals surface area contributed by atoms with Crippen molar-refractivity contribution in [2.45, 2.75) is 11.4 Å². The van der Waals surface area contributed by atoms with E-state index in [-0.39, 0.29) is 22.2 Å². The predicted octanol–water partition coefficient (Wildman–Crippen LogP) is -1.15. The lowest BCUT2D eigenvalue weighted by molar-refractivity contribution is -0.906. The Morgan fingerprint density at radius 3 is 2.83 bits per heavy atom. The summed E-state index contributed by atoms with van der Waals surface area (Å²) in [6, 6.07) is -0.916. The highest BCUT2D eigenvalue weighted by atomic mass is 32.2. The van der Waals surface area contributed by atoms with E-state index < -0.39 is 29.2 Å². The molecule has 1 aromatic heterocycles. The second kappa shape index (κ2) is 10.3. The SMILES string of the molecule is CON=C(C(=O)N[C@@H]1C(=O)N2C(C(=O)O)=C(C[N+]3(C)CCNCC3)CS[C@@H]12)c1csc(NC=O)n1. The summed E-state index contributed by atoms with van der Waals surface area (Å²) in [5.41, 5.74) is 0.734. The summed E-state index contributed by atoms with van der Waals surface area (Å²) in [7, 11) is 3.36. The molecule has 13 nitrogen and oxygen atoms in total. The minimum atomic E-state index is -1.15. The van der Waals surface area contributed by atoms with Crippen LogP contribution < -0.4 is 16.0 Å². The quantitative estimate of drug-likeness (QED) is 0.103. The highest BCUT2D eigenvalue weighted by Crippen LogP contribution is 2.41. The third-order valence-corrected chi connectivity index (χ3v) is 8.21. The number of carbonyl (C=O) groups excluding carboxylic acids is 3. The van der Waals surface area contributed by atoms with Crippen molar-refractivity contribution < 1.29 is 33.6 Å². The first kappa shape index (κ1) is 25.1. The Balaban J connectivity index is 1.50. The molecule has 35 heavy (non-hydrogen) atoms. The Kier molecular flexibility index (Phi) is 7.39. The van der Waals surface area contributed by atoms with Crippen molar-refractivity contribution in [3.8, 4) is 0 Å². The van der Waals surface area contributed by atoms with Crippen LogP contribution in [0.4, 0.5) is 5.13 Å². The van der Waals surface area contributed by atoms with E-state index in [1.54, 1.807) is 0 Å². The minimum Gasteiger partial charge on any atom is -0.477 e. The predicted molar refractivity (Wildman–Crippen MR) is 129 cm³/mol. The summed E-state index contributed by atoms with van der Waals surface area (Å²) in [5.74, 6) is -1.88. The number of hydrogen-bond donors (Lipinski definition) is 4. The number of nitrogens with one attached hydrogen (secondary N) is 3. The number of oxime groups is 1. The first-order valence-electron chi connectivity index (χ1n) is 10.8. The highest BCUT2D eigenvalue weighted by Gasteiger charge is 2.55. The van der Waals surface area contributed by atoms with Gasteiger partial charge in [0.15, 0.2) is 10.8 Å². The van der Waals surface area contributed by atoms with E-state index in [1.165, 1.54) is 29.2 Å². The van der Waals surface area contributed by atoms with Gasteiger partial charge >= 0.3 is 5.97 Å². The van der Waals surface area contributed by atoms with Gasteiger partial charge in [-0.2, -0.15) is 0 Å². The number of carboxylic acids is 1. The molecule has 0 saturated carbocycles. The van der Waals surface area contributed by atoms with Crippen molar-refractivity contribution in [2.24, 2.45) is 5.16 Å². The molecule has 2 atom stereocenters. The molecule has 0 unspecified atom stereocenters. The zero-order valence-corrected chi connectivity index (χ0v) is 20.8. The number of likely N-dealkylation sites (N-methyl/N-ethyl adjacent to an activating group) is 1. The van der Waals surface area contributed by atoms with Crippen LogP contribution in [0.3, 0.4) is 0 Å². The molecule has 4 heterocycles. The number of anilines is 1. The van der Waals surface area contributed by atoms with Crippen molar-refractivity contribution in [1.82, 2.24) is 20.5 Å². The van der Waals surface area contributed by atoms with Gasteiger partial charge in [0.1, 0.15) is 36.5 Å². The monoisotopic (exact) mass is 524 g/mol. The van der Waals surface area contributed by atoms with Gasteiger partial charge in [-0.15, -0.1) is 23.1 Å². The normalized spacial score (nSPS) is 23.8. The molecule has 0 aliphatic carbocycles. The molecule has 0 spiro atoms. The van der Waals surface area contributed by atoms with Crippen molar-refractivity contribution in [2.75, 3.05) is 58.0 Å². The van der Waals surface area contributed by atoms with Crippen LogP contribution in [0, 0.1) is 0 Å². The van der Waals surface area contributed by atoms with Gasteiger partial charge in [0, 0.05) is 29.8 Å². The molecule has 3 aliphatic rings. The number of fused-ring (bicyclic) bond motifs is 1. The smallest absolute Gasteiger partial charge is 0.352 e.